The third kappa shape index (κ3) is 1.77. The Morgan fingerprint density at radius 3 is 2.85 bits per heavy atom. The molecular weight excluding hydrogens is 209 g/mol. The highest BCUT2D eigenvalue weighted by molar-refractivity contribution is 6.32. The molecule has 0 radical (unpaired) electrons. The summed E-state index contributed by atoms with van der Waals surface area (Å²) < 4.78 is 0. The largest absolute Gasteiger partial charge is 0.300 e. The van der Waals surface area contributed by atoms with Crippen molar-refractivity contribution in [3.63, 3.8) is 0 Å². The lowest BCUT2D eigenvalue weighted by atomic mass is 10.1. The fourth-order valence-corrected chi connectivity index (χ4v) is 2.00. The van der Waals surface area contributed by atoms with E-state index in [1.807, 2.05) is 7.05 Å². The van der Waals surface area contributed by atoms with Gasteiger partial charge < -0.3 is 4.90 Å². The molecule has 0 aliphatic carbocycles. The van der Waals surface area contributed by atoms with Crippen molar-refractivity contribution in [1.82, 2.24) is 14.9 Å². The Bertz CT molecular complexity index is 340. The molecule has 0 fully saturated rings. The Morgan fingerprint density at radius 2 is 2.08 bits per heavy atom. The van der Waals surface area contributed by atoms with E-state index >= 15 is 0 Å². The molecule has 0 atom stereocenters. The fraction of sp³-hybridized carbons (Fsp3) is 0.500. The van der Waals surface area contributed by atoms with Crippen molar-refractivity contribution >= 4 is 23.2 Å². The topological polar surface area (TPSA) is 29.0 Å². The lowest BCUT2D eigenvalue weighted by molar-refractivity contribution is 0.307. The summed E-state index contributed by atoms with van der Waals surface area (Å²) in [6, 6.07) is 0. The van der Waals surface area contributed by atoms with Crippen molar-refractivity contribution in [3.05, 3.63) is 21.7 Å². The highest BCUT2D eigenvalue weighted by Crippen LogP contribution is 2.23. The maximum absolute atomic E-state index is 5.94. The Morgan fingerprint density at radius 1 is 1.31 bits per heavy atom. The molecule has 2 rings (SSSR count). The Kier molecular flexibility index (Phi) is 2.41. The smallest absolute Gasteiger partial charge is 0.224 e. The molecule has 1 aliphatic rings. The molecule has 1 aromatic rings. The SMILES string of the molecule is CN1CCc2c(Cl)nc(Cl)nc2C1. The minimum atomic E-state index is 0.235. The number of fused-ring (bicyclic) bond motifs is 1. The van der Waals surface area contributed by atoms with Gasteiger partial charge in [0.25, 0.3) is 0 Å². The standard InChI is InChI=1S/C8H9Cl2N3/c1-13-3-2-5-6(4-13)11-8(10)12-7(5)9/h2-4H2,1H3. The van der Waals surface area contributed by atoms with Gasteiger partial charge in [0.05, 0.1) is 5.69 Å². The number of aromatic nitrogens is 2. The first-order chi connectivity index (χ1) is 6.16. The maximum atomic E-state index is 5.94. The van der Waals surface area contributed by atoms with E-state index in [2.05, 4.69) is 14.9 Å². The quantitative estimate of drug-likeness (QED) is 0.490. The third-order valence-electron chi connectivity index (χ3n) is 2.18. The highest BCUT2D eigenvalue weighted by atomic mass is 35.5. The van der Waals surface area contributed by atoms with E-state index in [0.29, 0.717) is 5.15 Å². The van der Waals surface area contributed by atoms with Gasteiger partial charge in [0.2, 0.25) is 5.28 Å². The molecule has 0 unspecified atom stereocenters. The fourth-order valence-electron chi connectivity index (χ4n) is 1.49. The summed E-state index contributed by atoms with van der Waals surface area (Å²) in [5, 5.41) is 0.738. The number of hydrogen-bond donors (Lipinski definition) is 0. The molecule has 0 saturated carbocycles. The van der Waals surface area contributed by atoms with Gasteiger partial charge in [-0.15, -0.1) is 0 Å². The number of hydrogen-bond acceptors (Lipinski definition) is 3. The molecule has 70 valence electrons. The number of nitrogens with zero attached hydrogens (tertiary/aromatic N) is 3. The minimum Gasteiger partial charge on any atom is -0.300 e. The molecule has 13 heavy (non-hydrogen) atoms. The van der Waals surface area contributed by atoms with Crippen molar-refractivity contribution in [2.75, 3.05) is 13.6 Å². The van der Waals surface area contributed by atoms with E-state index in [9.17, 15) is 0 Å². The molecular formula is C8H9Cl2N3. The lowest BCUT2D eigenvalue weighted by Gasteiger charge is -2.24. The summed E-state index contributed by atoms with van der Waals surface area (Å²) in [5.74, 6) is 0. The van der Waals surface area contributed by atoms with Crippen LogP contribution >= 0.6 is 23.2 Å². The maximum Gasteiger partial charge on any atom is 0.224 e. The van der Waals surface area contributed by atoms with E-state index < -0.39 is 0 Å². The van der Waals surface area contributed by atoms with Crippen LogP contribution in [0.25, 0.3) is 0 Å². The van der Waals surface area contributed by atoms with Gasteiger partial charge >= 0.3 is 0 Å². The van der Waals surface area contributed by atoms with Crippen molar-refractivity contribution in [2.24, 2.45) is 0 Å². The molecule has 0 bridgehead atoms. The predicted octanol–water partition coefficient (Wildman–Crippen LogP) is 1.77. The van der Waals surface area contributed by atoms with Crippen LogP contribution in [0.2, 0.25) is 10.4 Å². The molecule has 0 saturated heterocycles. The van der Waals surface area contributed by atoms with Crippen LogP contribution in [0.4, 0.5) is 0 Å². The van der Waals surface area contributed by atoms with Gasteiger partial charge in [-0.3, -0.25) is 0 Å². The monoisotopic (exact) mass is 217 g/mol. The van der Waals surface area contributed by atoms with Crippen molar-refractivity contribution in [2.45, 2.75) is 13.0 Å². The van der Waals surface area contributed by atoms with Crippen LogP contribution < -0.4 is 0 Å². The van der Waals surface area contributed by atoms with Gasteiger partial charge in [-0.1, -0.05) is 11.6 Å². The summed E-state index contributed by atoms with van der Waals surface area (Å²) in [6.45, 7) is 1.80. The van der Waals surface area contributed by atoms with Crippen molar-refractivity contribution < 1.29 is 0 Å². The van der Waals surface area contributed by atoms with E-state index in [1.54, 1.807) is 0 Å². The predicted molar refractivity (Wildman–Crippen MR) is 52.1 cm³/mol. The van der Waals surface area contributed by atoms with Gasteiger partial charge in [0.15, 0.2) is 0 Å². The van der Waals surface area contributed by atoms with Gasteiger partial charge in [-0.05, 0) is 25.1 Å². The summed E-state index contributed by atoms with van der Waals surface area (Å²) in [6.07, 6.45) is 0.905. The molecule has 2 heterocycles. The van der Waals surface area contributed by atoms with E-state index in [-0.39, 0.29) is 5.28 Å². The van der Waals surface area contributed by atoms with E-state index in [1.165, 1.54) is 0 Å². The first-order valence-corrected chi connectivity index (χ1v) is 4.82. The van der Waals surface area contributed by atoms with E-state index in [0.717, 1.165) is 30.8 Å². The van der Waals surface area contributed by atoms with Crippen LogP contribution in [0, 0.1) is 0 Å². The van der Waals surface area contributed by atoms with Gasteiger partial charge in [0.1, 0.15) is 5.15 Å². The summed E-state index contributed by atoms with van der Waals surface area (Å²) in [5.41, 5.74) is 2.00. The molecule has 5 heteroatoms. The molecule has 0 amide bonds. The second-order valence-electron chi connectivity index (χ2n) is 3.20. The molecule has 0 N–H and O–H groups in total. The average Bonchev–Trinajstić information content (AvgIpc) is 2.02. The second kappa shape index (κ2) is 3.40. The zero-order valence-corrected chi connectivity index (χ0v) is 8.73. The minimum absolute atomic E-state index is 0.235. The first-order valence-electron chi connectivity index (χ1n) is 4.06. The second-order valence-corrected chi connectivity index (χ2v) is 3.89. The number of halogens is 2. The molecule has 0 spiro atoms. The van der Waals surface area contributed by atoms with Crippen molar-refractivity contribution in [3.8, 4) is 0 Å². The average molecular weight is 218 g/mol. The summed E-state index contributed by atoms with van der Waals surface area (Å²) >= 11 is 11.6. The molecule has 1 aromatic heterocycles. The number of rotatable bonds is 0. The molecule has 0 aromatic carbocycles. The zero-order chi connectivity index (χ0) is 9.42. The van der Waals surface area contributed by atoms with E-state index in [4.69, 9.17) is 23.2 Å². The summed E-state index contributed by atoms with van der Waals surface area (Å²) in [7, 11) is 2.05. The van der Waals surface area contributed by atoms with Gasteiger partial charge in [0, 0.05) is 18.7 Å². The van der Waals surface area contributed by atoms with Crippen LogP contribution in [0.1, 0.15) is 11.3 Å². The van der Waals surface area contributed by atoms with Crippen LogP contribution in [-0.4, -0.2) is 28.5 Å². The molecule has 3 nitrogen and oxygen atoms in total. The summed E-state index contributed by atoms with van der Waals surface area (Å²) in [4.78, 5) is 10.2. The Hall–Kier alpha value is -0.380. The number of likely N-dealkylation sites (N-methyl/N-ethyl adjacent to an activating group) is 1. The first kappa shape index (κ1) is 9.19. The van der Waals surface area contributed by atoms with Gasteiger partial charge in [-0.2, -0.15) is 0 Å². The zero-order valence-electron chi connectivity index (χ0n) is 7.22. The lowest BCUT2D eigenvalue weighted by Crippen LogP contribution is -2.28. The Labute approximate surface area is 86.7 Å². The van der Waals surface area contributed by atoms with Crippen LogP contribution in [0.15, 0.2) is 0 Å². The van der Waals surface area contributed by atoms with Crippen LogP contribution in [-0.2, 0) is 13.0 Å². The highest BCUT2D eigenvalue weighted by Gasteiger charge is 2.18. The van der Waals surface area contributed by atoms with Crippen LogP contribution in [0.5, 0.6) is 0 Å². The van der Waals surface area contributed by atoms with Crippen molar-refractivity contribution in [1.29, 1.82) is 0 Å². The third-order valence-corrected chi connectivity index (χ3v) is 2.66. The van der Waals surface area contributed by atoms with Gasteiger partial charge in [-0.25, -0.2) is 9.97 Å². The molecule has 1 aliphatic heterocycles. The normalized spacial score (nSPS) is 17.2. The Balaban J connectivity index is 2.47. The van der Waals surface area contributed by atoms with Crippen LogP contribution in [0.3, 0.4) is 0 Å².